The molecule has 4 nitrogen and oxygen atoms in total. The number of hydrogen-bond donors (Lipinski definition) is 1. The minimum absolute atomic E-state index is 0.395. The maximum absolute atomic E-state index is 12.3. The van der Waals surface area contributed by atoms with Crippen molar-refractivity contribution in [2.24, 2.45) is 0 Å². The van der Waals surface area contributed by atoms with Crippen molar-refractivity contribution in [1.29, 1.82) is 0 Å². The molecule has 0 saturated heterocycles. The van der Waals surface area contributed by atoms with E-state index in [1.807, 2.05) is 49.4 Å². The van der Waals surface area contributed by atoms with E-state index in [-0.39, 0.29) is 0 Å². The van der Waals surface area contributed by atoms with Crippen molar-refractivity contribution in [1.82, 2.24) is 4.98 Å². The molecule has 2 N–H and O–H groups in total. The third-order valence-corrected chi connectivity index (χ3v) is 3.64. The first kappa shape index (κ1) is 14.1. The van der Waals surface area contributed by atoms with Gasteiger partial charge in [0.1, 0.15) is 0 Å². The van der Waals surface area contributed by atoms with E-state index in [1.165, 1.54) is 7.11 Å². The van der Waals surface area contributed by atoms with Gasteiger partial charge >= 0.3 is 5.97 Å². The van der Waals surface area contributed by atoms with Crippen LogP contribution in [0.25, 0.3) is 22.0 Å². The van der Waals surface area contributed by atoms with Crippen molar-refractivity contribution in [3.63, 3.8) is 0 Å². The maximum atomic E-state index is 12.3. The second kappa shape index (κ2) is 5.48. The zero-order valence-corrected chi connectivity index (χ0v) is 12.5. The normalized spacial score (nSPS) is 10.6. The van der Waals surface area contributed by atoms with Crippen LogP contribution in [0.4, 0.5) is 5.69 Å². The van der Waals surface area contributed by atoms with Crippen LogP contribution in [-0.4, -0.2) is 18.1 Å². The SMILES string of the molecule is COC(=O)c1c(C)nc2ccc(N)cc2c1-c1ccccc1. The third kappa shape index (κ3) is 2.29. The van der Waals surface area contributed by atoms with Gasteiger partial charge < -0.3 is 10.5 Å². The Kier molecular flexibility index (Phi) is 3.51. The summed E-state index contributed by atoms with van der Waals surface area (Å²) in [6.45, 7) is 1.81. The van der Waals surface area contributed by atoms with E-state index in [1.54, 1.807) is 6.07 Å². The molecule has 0 aliphatic carbocycles. The monoisotopic (exact) mass is 292 g/mol. The fourth-order valence-corrected chi connectivity index (χ4v) is 2.66. The topological polar surface area (TPSA) is 65.2 Å². The van der Waals surface area contributed by atoms with Crippen molar-refractivity contribution in [3.05, 3.63) is 59.8 Å². The fourth-order valence-electron chi connectivity index (χ4n) is 2.66. The number of rotatable bonds is 2. The van der Waals surface area contributed by atoms with Crippen molar-refractivity contribution in [2.75, 3.05) is 12.8 Å². The lowest BCUT2D eigenvalue weighted by atomic mass is 9.94. The van der Waals surface area contributed by atoms with Gasteiger partial charge in [0.05, 0.1) is 23.9 Å². The molecule has 0 bridgehead atoms. The first-order chi connectivity index (χ1) is 10.6. The molecule has 0 atom stereocenters. The summed E-state index contributed by atoms with van der Waals surface area (Å²) in [4.78, 5) is 16.8. The first-order valence-electron chi connectivity index (χ1n) is 6.95. The Morgan fingerprint density at radius 3 is 2.55 bits per heavy atom. The fraction of sp³-hybridized carbons (Fsp3) is 0.111. The number of methoxy groups -OCH3 is 1. The molecule has 0 spiro atoms. The summed E-state index contributed by atoms with van der Waals surface area (Å²) < 4.78 is 4.95. The Hall–Kier alpha value is -2.88. The molecule has 0 unspecified atom stereocenters. The summed E-state index contributed by atoms with van der Waals surface area (Å²) in [6.07, 6.45) is 0. The molecule has 4 heteroatoms. The number of aryl methyl sites for hydroxylation is 1. The zero-order chi connectivity index (χ0) is 15.7. The summed E-state index contributed by atoms with van der Waals surface area (Å²) >= 11 is 0. The summed E-state index contributed by atoms with van der Waals surface area (Å²) in [6, 6.07) is 15.2. The highest BCUT2D eigenvalue weighted by Crippen LogP contribution is 2.34. The molecule has 3 aromatic rings. The van der Waals surface area contributed by atoms with Crippen LogP contribution in [0.1, 0.15) is 16.1 Å². The standard InChI is InChI=1S/C18H16N2O2/c1-11-16(18(21)22-2)17(12-6-4-3-5-7-12)14-10-13(19)8-9-15(14)20-11/h3-10H,19H2,1-2H3. The number of fused-ring (bicyclic) bond motifs is 1. The highest BCUT2D eigenvalue weighted by atomic mass is 16.5. The molecule has 0 radical (unpaired) electrons. The second-order valence-electron chi connectivity index (χ2n) is 5.08. The Morgan fingerprint density at radius 1 is 1.14 bits per heavy atom. The van der Waals surface area contributed by atoms with E-state index in [4.69, 9.17) is 10.5 Å². The Bertz CT molecular complexity index is 858. The van der Waals surface area contributed by atoms with Crippen LogP contribution in [0.3, 0.4) is 0 Å². The van der Waals surface area contributed by atoms with E-state index in [0.717, 1.165) is 22.0 Å². The van der Waals surface area contributed by atoms with Crippen molar-refractivity contribution in [2.45, 2.75) is 6.92 Å². The molecule has 2 aromatic carbocycles. The molecule has 0 amide bonds. The van der Waals surface area contributed by atoms with Gasteiger partial charge in [0.2, 0.25) is 0 Å². The summed E-state index contributed by atoms with van der Waals surface area (Å²) in [5.74, 6) is -0.395. The van der Waals surface area contributed by atoms with Gasteiger partial charge in [-0.25, -0.2) is 4.79 Å². The molecule has 3 rings (SSSR count). The number of esters is 1. The summed E-state index contributed by atoms with van der Waals surface area (Å²) in [5, 5.41) is 0.845. The first-order valence-corrected chi connectivity index (χ1v) is 6.95. The van der Waals surface area contributed by atoms with Gasteiger partial charge in [-0.05, 0) is 30.7 Å². The van der Waals surface area contributed by atoms with Crippen LogP contribution < -0.4 is 5.73 Å². The second-order valence-corrected chi connectivity index (χ2v) is 5.08. The molecule has 1 heterocycles. The van der Waals surface area contributed by atoms with Gasteiger partial charge in [-0.2, -0.15) is 0 Å². The Labute approximate surface area is 128 Å². The number of carbonyl (C=O) groups is 1. The summed E-state index contributed by atoms with van der Waals surface area (Å²) in [5.41, 5.74) is 10.2. The number of hydrogen-bond acceptors (Lipinski definition) is 4. The predicted octanol–water partition coefficient (Wildman–Crippen LogP) is 3.58. The van der Waals surface area contributed by atoms with E-state index < -0.39 is 5.97 Å². The number of nitrogen functional groups attached to an aromatic ring is 1. The number of pyridine rings is 1. The van der Waals surface area contributed by atoms with Gasteiger partial charge in [-0.3, -0.25) is 4.98 Å². The van der Waals surface area contributed by atoms with Crippen molar-refractivity contribution < 1.29 is 9.53 Å². The van der Waals surface area contributed by atoms with Crippen LogP contribution in [-0.2, 0) is 4.74 Å². The largest absolute Gasteiger partial charge is 0.465 e. The van der Waals surface area contributed by atoms with Gasteiger partial charge in [0, 0.05) is 16.6 Å². The lowest BCUT2D eigenvalue weighted by molar-refractivity contribution is 0.0600. The Morgan fingerprint density at radius 2 is 1.86 bits per heavy atom. The number of carbonyl (C=O) groups excluding carboxylic acids is 1. The van der Waals surface area contributed by atoms with E-state index in [9.17, 15) is 4.79 Å². The minimum atomic E-state index is -0.395. The molecule has 0 fully saturated rings. The highest BCUT2D eigenvalue weighted by molar-refractivity contribution is 6.08. The van der Waals surface area contributed by atoms with Gasteiger partial charge in [0.15, 0.2) is 0 Å². The molecule has 0 saturated carbocycles. The van der Waals surface area contributed by atoms with Crippen LogP contribution in [0.5, 0.6) is 0 Å². The number of ether oxygens (including phenoxy) is 1. The number of anilines is 1. The van der Waals surface area contributed by atoms with Gasteiger partial charge in [-0.15, -0.1) is 0 Å². The molecular formula is C18H16N2O2. The number of aromatic nitrogens is 1. The molecule has 0 aliphatic rings. The number of benzene rings is 2. The lowest BCUT2D eigenvalue weighted by Crippen LogP contribution is -2.08. The molecule has 0 aliphatic heterocycles. The average molecular weight is 292 g/mol. The lowest BCUT2D eigenvalue weighted by Gasteiger charge is -2.14. The maximum Gasteiger partial charge on any atom is 0.340 e. The molecule has 1 aromatic heterocycles. The van der Waals surface area contributed by atoms with Crippen molar-refractivity contribution >= 4 is 22.6 Å². The van der Waals surface area contributed by atoms with Crippen molar-refractivity contribution in [3.8, 4) is 11.1 Å². The zero-order valence-electron chi connectivity index (χ0n) is 12.5. The molecule has 22 heavy (non-hydrogen) atoms. The molecule has 110 valence electrons. The van der Waals surface area contributed by atoms with Gasteiger partial charge in [0.25, 0.3) is 0 Å². The Balaban J connectivity index is 2.47. The van der Waals surface area contributed by atoms with E-state index >= 15 is 0 Å². The quantitative estimate of drug-likeness (QED) is 0.579. The summed E-state index contributed by atoms with van der Waals surface area (Å²) in [7, 11) is 1.38. The molecular weight excluding hydrogens is 276 g/mol. The predicted molar refractivity (Wildman–Crippen MR) is 87.7 cm³/mol. The smallest absolute Gasteiger partial charge is 0.340 e. The van der Waals surface area contributed by atoms with E-state index in [2.05, 4.69) is 4.98 Å². The van der Waals surface area contributed by atoms with Crippen LogP contribution in [0.15, 0.2) is 48.5 Å². The highest BCUT2D eigenvalue weighted by Gasteiger charge is 2.20. The van der Waals surface area contributed by atoms with Crippen LogP contribution >= 0.6 is 0 Å². The van der Waals surface area contributed by atoms with E-state index in [0.29, 0.717) is 16.9 Å². The number of nitrogens with two attached hydrogens (primary N) is 1. The van der Waals surface area contributed by atoms with Crippen LogP contribution in [0.2, 0.25) is 0 Å². The average Bonchev–Trinajstić information content (AvgIpc) is 2.54. The third-order valence-electron chi connectivity index (χ3n) is 3.64. The number of nitrogens with zero attached hydrogens (tertiary/aromatic N) is 1. The minimum Gasteiger partial charge on any atom is -0.465 e. The van der Waals surface area contributed by atoms with Gasteiger partial charge in [-0.1, -0.05) is 30.3 Å². The van der Waals surface area contributed by atoms with Crippen LogP contribution in [0, 0.1) is 6.92 Å².